The van der Waals surface area contributed by atoms with E-state index in [1.165, 1.54) is 18.9 Å². The van der Waals surface area contributed by atoms with Crippen molar-refractivity contribution in [2.45, 2.75) is 44.6 Å². The lowest BCUT2D eigenvalue weighted by Crippen LogP contribution is -2.56. The number of carbonyl (C=O) groups is 2. The largest absolute Gasteiger partial charge is 0.467 e. The van der Waals surface area contributed by atoms with Crippen LogP contribution in [0.25, 0.3) is 0 Å². The van der Waals surface area contributed by atoms with Gasteiger partial charge in [0.1, 0.15) is 5.54 Å². The van der Waals surface area contributed by atoms with Gasteiger partial charge in [-0.1, -0.05) is 19.3 Å². The number of methoxy groups -OCH3 is 1. The van der Waals surface area contributed by atoms with E-state index in [4.69, 9.17) is 4.74 Å². The van der Waals surface area contributed by atoms with Crippen molar-refractivity contribution in [2.75, 3.05) is 13.4 Å². The van der Waals surface area contributed by atoms with Crippen LogP contribution in [0.5, 0.6) is 0 Å². The van der Waals surface area contributed by atoms with Gasteiger partial charge < -0.3 is 10.1 Å². The first kappa shape index (κ1) is 15.1. The predicted octanol–water partition coefficient (Wildman–Crippen LogP) is 2.25. The smallest absolute Gasteiger partial charge is 0.331 e. The van der Waals surface area contributed by atoms with Crippen LogP contribution in [0.1, 0.15) is 39.0 Å². The Bertz CT molecular complexity index is 346. The predicted molar refractivity (Wildman–Crippen MR) is 73.2 cm³/mol. The third-order valence-corrected chi connectivity index (χ3v) is 3.88. The minimum atomic E-state index is -0.822. The molecule has 0 unspecified atom stereocenters. The SMILES string of the molecule is COC(=O)C1(NC(=O)/C(C)=C/SC)CCCCC1. The molecule has 0 aromatic heterocycles. The molecule has 0 radical (unpaired) electrons. The molecule has 0 spiro atoms. The minimum absolute atomic E-state index is 0.184. The molecule has 0 aromatic rings. The summed E-state index contributed by atoms with van der Waals surface area (Å²) in [7, 11) is 1.37. The van der Waals surface area contributed by atoms with Gasteiger partial charge in [0.15, 0.2) is 0 Å². The van der Waals surface area contributed by atoms with Gasteiger partial charge in [0.25, 0.3) is 0 Å². The summed E-state index contributed by atoms with van der Waals surface area (Å²) < 4.78 is 4.86. The Balaban J connectivity index is 2.82. The van der Waals surface area contributed by atoms with Gasteiger partial charge in [-0.15, -0.1) is 11.8 Å². The van der Waals surface area contributed by atoms with Gasteiger partial charge in [-0.25, -0.2) is 4.79 Å². The molecule has 0 bridgehead atoms. The summed E-state index contributed by atoms with van der Waals surface area (Å²) in [6.07, 6.45) is 6.22. The van der Waals surface area contributed by atoms with Crippen molar-refractivity contribution in [2.24, 2.45) is 0 Å². The number of carbonyl (C=O) groups excluding carboxylic acids is 2. The third kappa shape index (κ3) is 3.51. The molecule has 1 fully saturated rings. The van der Waals surface area contributed by atoms with Crippen LogP contribution in [-0.2, 0) is 14.3 Å². The third-order valence-electron chi connectivity index (χ3n) is 3.29. The van der Waals surface area contributed by atoms with Crippen molar-refractivity contribution in [3.63, 3.8) is 0 Å². The summed E-state index contributed by atoms with van der Waals surface area (Å²) in [5.41, 5.74) is -0.200. The number of rotatable bonds is 4. The van der Waals surface area contributed by atoms with Gasteiger partial charge in [-0.05, 0) is 31.4 Å². The maximum absolute atomic E-state index is 12.0. The standard InChI is InChI=1S/C13H21NO3S/c1-10(9-18-3)11(15)14-13(12(16)17-2)7-5-4-6-8-13/h9H,4-8H2,1-3H3,(H,14,15)/b10-9+. The van der Waals surface area contributed by atoms with Gasteiger partial charge in [0.2, 0.25) is 5.91 Å². The van der Waals surface area contributed by atoms with E-state index < -0.39 is 5.54 Å². The average molecular weight is 271 g/mol. The van der Waals surface area contributed by atoms with E-state index in [1.54, 1.807) is 12.3 Å². The number of thioether (sulfide) groups is 1. The second-order valence-electron chi connectivity index (χ2n) is 4.63. The lowest BCUT2D eigenvalue weighted by atomic mass is 9.81. The summed E-state index contributed by atoms with van der Waals surface area (Å²) in [6.45, 7) is 1.75. The lowest BCUT2D eigenvalue weighted by molar-refractivity contribution is -0.152. The fourth-order valence-corrected chi connectivity index (χ4v) is 2.74. The molecule has 18 heavy (non-hydrogen) atoms. The molecule has 1 N–H and O–H groups in total. The van der Waals surface area contributed by atoms with E-state index in [1.807, 2.05) is 6.26 Å². The first-order chi connectivity index (χ1) is 8.55. The maximum Gasteiger partial charge on any atom is 0.331 e. The fraction of sp³-hybridized carbons (Fsp3) is 0.692. The summed E-state index contributed by atoms with van der Waals surface area (Å²) in [4.78, 5) is 24.0. The Morgan fingerprint density at radius 3 is 2.39 bits per heavy atom. The van der Waals surface area contributed by atoms with Crippen molar-refractivity contribution < 1.29 is 14.3 Å². The Hall–Kier alpha value is -0.970. The molecule has 4 nitrogen and oxygen atoms in total. The number of esters is 1. The summed E-state index contributed by atoms with van der Waals surface area (Å²) >= 11 is 1.47. The highest BCUT2D eigenvalue weighted by Crippen LogP contribution is 2.29. The maximum atomic E-state index is 12.0. The van der Waals surface area contributed by atoms with E-state index >= 15 is 0 Å². The molecule has 5 heteroatoms. The zero-order valence-corrected chi connectivity index (χ0v) is 12.1. The van der Waals surface area contributed by atoms with E-state index in [-0.39, 0.29) is 11.9 Å². The van der Waals surface area contributed by atoms with Crippen LogP contribution in [0.4, 0.5) is 0 Å². The van der Waals surface area contributed by atoms with Gasteiger partial charge in [-0.2, -0.15) is 0 Å². The zero-order chi connectivity index (χ0) is 13.6. The molecule has 0 atom stereocenters. The van der Waals surface area contributed by atoms with Crippen molar-refractivity contribution >= 4 is 23.6 Å². The van der Waals surface area contributed by atoms with E-state index in [0.29, 0.717) is 18.4 Å². The summed E-state index contributed by atoms with van der Waals surface area (Å²) in [5.74, 6) is -0.510. The summed E-state index contributed by atoms with van der Waals surface area (Å²) in [6, 6.07) is 0. The van der Waals surface area contributed by atoms with Crippen molar-refractivity contribution in [3.05, 3.63) is 11.0 Å². The van der Waals surface area contributed by atoms with Crippen molar-refractivity contribution in [1.82, 2.24) is 5.32 Å². The van der Waals surface area contributed by atoms with Gasteiger partial charge in [0, 0.05) is 5.57 Å². The molecule has 0 heterocycles. The van der Waals surface area contributed by atoms with Crippen LogP contribution in [-0.4, -0.2) is 30.8 Å². The molecule has 0 saturated heterocycles. The molecule has 1 aliphatic rings. The molecule has 0 aromatic carbocycles. The molecule has 1 aliphatic carbocycles. The zero-order valence-electron chi connectivity index (χ0n) is 11.2. The van der Waals surface area contributed by atoms with Crippen LogP contribution < -0.4 is 5.32 Å². The Labute approximate surface area is 113 Å². The molecular formula is C13H21NO3S. The molecule has 1 amide bonds. The topological polar surface area (TPSA) is 55.4 Å². The highest BCUT2D eigenvalue weighted by molar-refractivity contribution is 8.01. The number of hydrogen-bond donors (Lipinski definition) is 1. The van der Waals surface area contributed by atoms with Gasteiger partial charge >= 0.3 is 5.97 Å². The van der Waals surface area contributed by atoms with Crippen LogP contribution in [0.15, 0.2) is 11.0 Å². The second kappa shape index (κ2) is 6.83. The molecule has 0 aliphatic heterocycles. The van der Waals surface area contributed by atoms with Crippen LogP contribution >= 0.6 is 11.8 Å². The second-order valence-corrected chi connectivity index (χ2v) is 5.33. The van der Waals surface area contributed by atoms with E-state index in [0.717, 1.165) is 19.3 Å². The molecular weight excluding hydrogens is 250 g/mol. The van der Waals surface area contributed by atoms with Gasteiger partial charge in [-0.3, -0.25) is 4.79 Å². The van der Waals surface area contributed by atoms with Crippen molar-refractivity contribution in [1.29, 1.82) is 0 Å². The normalized spacial score (nSPS) is 19.2. The Kier molecular flexibility index (Phi) is 5.72. The van der Waals surface area contributed by atoms with E-state index in [2.05, 4.69) is 5.32 Å². The molecule has 102 valence electrons. The first-order valence-electron chi connectivity index (χ1n) is 6.16. The average Bonchev–Trinajstić information content (AvgIpc) is 2.39. The quantitative estimate of drug-likeness (QED) is 0.629. The lowest BCUT2D eigenvalue weighted by Gasteiger charge is -2.35. The summed E-state index contributed by atoms with van der Waals surface area (Å²) in [5, 5.41) is 4.65. The highest BCUT2D eigenvalue weighted by Gasteiger charge is 2.42. The molecule has 1 rings (SSSR count). The number of amides is 1. The monoisotopic (exact) mass is 271 g/mol. The number of nitrogens with one attached hydrogen (secondary N) is 1. The number of hydrogen-bond acceptors (Lipinski definition) is 4. The number of ether oxygens (including phenoxy) is 1. The van der Waals surface area contributed by atoms with Gasteiger partial charge in [0.05, 0.1) is 7.11 Å². The first-order valence-corrected chi connectivity index (χ1v) is 7.45. The Morgan fingerprint density at radius 1 is 1.28 bits per heavy atom. The molecule has 1 saturated carbocycles. The van der Waals surface area contributed by atoms with Crippen LogP contribution in [0.2, 0.25) is 0 Å². The van der Waals surface area contributed by atoms with Crippen LogP contribution in [0, 0.1) is 0 Å². The fourth-order valence-electron chi connectivity index (χ4n) is 2.28. The van der Waals surface area contributed by atoms with E-state index in [9.17, 15) is 9.59 Å². The Morgan fingerprint density at radius 2 is 1.89 bits per heavy atom. The minimum Gasteiger partial charge on any atom is -0.467 e. The highest BCUT2D eigenvalue weighted by atomic mass is 32.2. The van der Waals surface area contributed by atoms with Crippen LogP contribution in [0.3, 0.4) is 0 Å². The van der Waals surface area contributed by atoms with Crippen molar-refractivity contribution in [3.8, 4) is 0 Å².